The Labute approximate surface area is 149 Å². The van der Waals surface area contributed by atoms with Crippen molar-refractivity contribution in [2.24, 2.45) is 5.89 Å². The predicted molar refractivity (Wildman–Crippen MR) is 87.9 cm³/mol. The minimum Gasteiger partial charge on any atom is -0.354 e. The number of hydrogen-bond acceptors (Lipinski definition) is 4. The highest BCUT2D eigenvalue weighted by Crippen LogP contribution is 2.28. The largest absolute Gasteiger partial charge is 0.354 e. The zero-order valence-electron chi connectivity index (χ0n) is 22.4. The molecule has 3 rings (SSSR count). The monoisotopic (exact) mass is 322 g/mol. The van der Waals surface area contributed by atoms with Crippen molar-refractivity contribution in [3.8, 4) is 0 Å². The Morgan fingerprint density at radius 2 is 2.61 bits per heavy atom. The van der Waals surface area contributed by atoms with Gasteiger partial charge in [-0.3, -0.25) is 4.79 Å². The molecule has 2 atom stereocenters. The summed E-state index contributed by atoms with van der Waals surface area (Å²) in [6.45, 7) is -2.19. The van der Waals surface area contributed by atoms with Crippen molar-refractivity contribution in [2.45, 2.75) is 19.3 Å². The summed E-state index contributed by atoms with van der Waals surface area (Å²) in [5, 5.41) is 0.295. The van der Waals surface area contributed by atoms with E-state index >= 15 is 0 Å². The second-order valence-corrected chi connectivity index (χ2v) is 4.81. The summed E-state index contributed by atoms with van der Waals surface area (Å²) in [7, 11) is 1.24. The van der Waals surface area contributed by atoms with E-state index in [1.54, 1.807) is 0 Å². The number of hydrogen-bond donors (Lipinski definition) is 1. The number of amides is 1. The number of piperidine rings is 1. The van der Waals surface area contributed by atoms with Crippen LogP contribution in [0.5, 0.6) is 0 Å². The van der Waals surface area contributed by atoms with Gasteiger partial charge >= 0.3 is 5.91 Å². The van der Waals surface area contributed by atoms with Gasteiger partial charge in [-0.05, 0) is 18.3 Å². The van der Waals surface area contributed by atoms with Crippen LogP contribution in [-0.4, -0.2) is 58.3 Å². The average molecular weight is 322 g/mol. The fourth-order valence-electron chi connectivity index (χ4n) is 2.26. The van der Waals surface area contributed by atoms with Gasteiger partial charge in [0.05, 0.1) is 14.2 Å². The molecule has 0 radical (unpaired) electrons. The topological polar surface area (TPSA) is 69.5 Å². The van der Waals surface area contributed by atoms with Gasteiger partial charge in [0.2, 0.25) is 0 Å². The summed E-state index contributed by atoms with van der Waals surface area (Å²) < 4.78 is 82.4. The average Bonchev–Trinajstić information content (AvgIpc) is 3.13. The van der Waals surface area contributed by atoms with Gasteiger partial charge in [0.1, 0.15) is 21.9 Å². The molecule has 0 spiro atoms. The lowest BCUT2D eigenvalue weighted by Crippen LogP contribution is -2.53. The number of likely N-dealkylation sites (tertiary alicyclic amines) is 1. The Morgan fingerprint density at radius 3 is 3.39 bits per heavy atom. The van der Waals surface area contributed by atoms with Crippen LogP contribution in [0.15, 0.2) is 18.6 Å². The third-order valence-electron chi connectivity index (χ3n) is 3.39. The maximum Gasteiger partial charge on any atom is 0.302 e. The zero-order valence-corrected chi connectivity index (χ0v) is 12.4. The molecule has 7 heteroatoms. The summed E-state index contributed by atoms with van der Waals surface area (Å²) >= 11 is 0. The molecular formula is C16H20N6O. The zero-order chi connectivity index (χ0) is 25.4. The van der Waals surface area contributed by atoms with Crippen molar-refractivity contribution in [2.75, 3.05) is 31.4 Å². The van der Waals surface area contributed by atoms with E-state index in [9.17, 15) is 4.79 Å². The Morgan fingerprint density at radius 1 is 1.78 bits per heavy atom. The van der Waals surface area contributed by atoms with Crippen LogP contribution in [0.25, 0.3) is 15.9 Å². The van der Waals surface area contributed by atoms with Gasteiger partial charge in [0, 0.05) is 33.1 Å². The molecule has 120 valence electrons. The van der Waals surface area contributed by atoms with E-state index in [2.05, 4.69) is 19.8 Å². The van der Waals surface area contributed by atoms with Crippen LogP contribution in [0.3, 0.4) is 0 Å². The van der Waals surface area contributed by atoms with Crippen LogP contribution in [-0.2, 0) is 4.79 Å². The van der Waals surface area contributed by atoms with E-state index in [1.807, 2.05) is 0 Å². The van der Waals surface area contributed by atoms with Crippen molar-refractivity contribution >= 4 is 22.8 Å². The summed E-state index contributed by atoms with van der Waals surface area (Å²) in [5.41, 5.74) is 0.204. The summed E-state index contributed by atoms with van der Waals surface area (Å²) in [6.07, 6.45) is -2.24. The van der Waals surface area contributed by atoms with Crippen molar-refractivity contribution in [3.05, 3.63) is 30.0 Å². The van der Waals surface area contributed by atoms with E-state index < -0.39 is 50.0 Å². The normalized spacial score (nSPS) is 38.0. The number of nitrogens with zero attached hydrogens (tertiary/aromatic N) is 5. The SMILES string of the molecule is [2H]c1nc(N(C)[C@H]2C([2H])([2H])N(C(=O)C([2H])([2H])[N+]#[C-])C([2H])([2H])C([2H])([2H])[C@@]2([2H])C)c2cc[nH]c2n1. The Hall–Kier alpha value is -2.62. The number of H-pyrrole nitrogens is 1. The summed E-state index contributed by atoms with van der Waals surface area (Å²) in [4.78, 5) is 26.7. The van der Waals surface area contributed by atoms with Crippen LogP contribution in [0.2, 0.25) is 0 Å². The fourth-order valence-corrected chi connectivity index (χ4v) is 2.26. The summed E-state index contributed by atoms with van der Waals surface area (Å²) in [6, 6.07) is -0.448. The number of fused-ring (bicyclic) bond motifs is 1. The molecule has 0 aromatic carbocycles. The van der Waals surface area contributed by atoms with Gasteiger partial charge in [-0.2, -0.15) is 0 Å². The number of aromatic nitrogens is 3. The highest BCUT2D eigenvalue weighted by atomic mass is 16.2. The fraction of sp³-hybridized carbons (Fsp3) is 0.500. The Balaban J connectivity index is 2.31. The molecule has 2 aromatic rings. The lowest BCUT2D eigenvalue weighted by molar-refractivity contribution is -0.130. The molecule has 0 unspecified atom stereocenters. The molecule has 7 nitrogen and oxygen atoms in total. The van der Waals surface area contributed by atoms with Crippen molar-refractivity contribution in [1.82, 2.24) is 19.9 Å². The summed E-state index contributed by atoms with van der Waals surface area (Å²) in [5.74, 6) is -4.58. The lowest BCUT2D eigenvalue weighted by Gasteiger charge is -2.41. The Bertz CT molecular complexity index is 1160. The van der Waals surface area contributed by atoms with Crippen LogP contribution in [0.1, 0.15) is 27.0 Å². The first-order valence-electron chi connectivity index (χ1n) is 11.6. The molecule has 0 saturated carbocycles. The van der Waals surface area contributed by atoms with Crippen molar-refractivity contribution < 1.29 is 18.5 Å². The smallest absolute Gasteiger partial charge is 0.302 e. The third-order valence-corrected chi connectivity index (χ3v) is 3.39. The molecule has 1 N–H and O–H groups in total. The van der Waals surface area contributed by atoms with E-state index in [1.165, 1.54) is 19.3 Å². The second-order valence-electron chi connectivity index (χ2n) is 4.81. The number of anilines is 1. The van der Waals surface area contributed by atoms with Gasteiger partial charge in [-0.1, -0.05) is 6.92 Å². The van der Waals surface area contributed by atoms with Crippen LogP contribution < -0.4 is 4.90 Å². The van der Waals surface area contributed by atoms with E-state index in [0.29, 0.717) is 5.39 Å². The number of rotatable bonds is 3. The molecule has 2 aromatic heterocycles. The van der Waals surface area contributed by atoms with Crippen LogP contribution in [0, 0.1) is 12.5 Å². The first-order chi connectivity index (χ1) is 14.9. The van der Waals surface area contributed by atoms with Gasteiger partial charge in [0.15, 0.2) is 0 Å². The number of nitrogens with one attached hydrogen (secondary N) is 1. The van der Waals surface area contributed by atoms with Gasteiger partial charge in [-0.15, -0.1) is 0 Å². The predicted octanol–water partition coefficient (Wildman–Crippen LogP) is 1.55. The molecule has 1 aliphatic heterocycles. The van der Waals surface area contributed by atoms with Crippen LogP contribution >= 0.6 is 0 Å². The molecule has 1 saturated heterocycles. The van der Waals surface area contributed by atoms with Gasteiger partial charge in [-0.25, -0.2) is 16.5 Å². The molecule has 0 bridgehead atoms. The highest BCUT2D eigenvalue weighted by molar-refractivity contribution is 5.87. The molecule has 23 heavy (non-hydrogen) atoms. The molecule has 1 aliphatic rings. The standard InChI is InChI=1S/C16H20N6O/c1-11-5-7-22(14(23)8-17-2)9-13(11)21(3)16-12-4-6-18-15(12)19-10-20-16/h4,6,10-11,13H,5,7-9H2,1,3H3,(H,18,19,20)/t11-,13+/m1/s1/i5D2,7D2,8D2,9D2,10D,11D. The molecule has 0 aliphatic carbocycles. The van der Waals surface area contributed by atoms with E-state index in [-0.39, 0.29) is 16.4 Å². The first-order valence-corrected chi connectivity index (χ1v) is 6.63. The second kappa shape index (κ2) is 6.24. The number of carbonyl (C=O) groups excluding carboxylic acids is 1. The highest BCUT2D eigenvalue weighted by Gasteiger charge is 2.33. The number of carbonyl (C=O) groups is 1. The molecule has 3 heterocycles. The van der Waals surface area contributed by atoms with Crippen LogP contribution in [0.4, 0.5) is 5.82 Å². The molecular weight excluding hydrogens is 292 g/mol. The molecule has 1 fully saturated rings. The quantitative estimate of drug-likeness (QED) is 0.871. The maximum absolute atomic E-state index is 12.9. The van der Waals surface area contributed by atoms with E-state index in [0.717, 1.165) is 11.8 Å². The minimum atomic E-state index is -3.50. The van der Waals surface area contributed by atoms with Gasteiger partial charge < -0.3 is 19.6 Å². The van der Waals surface area contributed by atoms with Crippen molar-refractivity contribution in [3.63, 3.8) is 0 Å². The minimum absolute atomic E-state index is 0.0857. The van der Waals surface area contributed by atoms with Gasteiger partial charge in [0.25, 0.3) is 6.50 Å². The lowest BCUT2D eigenvalue weighted by atomic mass is 9.92. The number of aromatic amines is 1. The third kappa shape index (κ3) is 2.84. The van der Waals surface area contributed by atoms with Crippen molar-refractivity contribution in [1.29, 1.82) is 0 Å². The maximum atomic E-state index is 12.9. The molecule has 1 amide bonds. The number of likely N-dealkylation sites (N-methyl/N-ethyl adjacent to an activating group) is 1. The Kier molecular flexibility index (Phi) is 1.98. The first kappa shape index (κ1) is 7.30. The van der Waals surface area contributed by atoms with E-state index in [4.69, 9.17) is 20.3 Å².